The summed E-state index contributed by atoms with van der Waals surface area (Å²) in [5.41, 5.74) is 1.41. The highest BCUT2D eigenvalue weighted by Crippen LogP contribution is 2.20. The number of hydrogen-bond donors (Lipinski definition) is 1. The molecule has 0 saturated carbocycles. The minimum Gasteiger partial charge on any atom is -0.444 e. The van der Waals surface area contributed by atoms with Crippen LogP contribution in [0.1, 0.15) is 51.4 Å². The molecule has 0 spiro atoms. The normalized spacial score (nSPS) is 18.7. The van der Waals surface area contributed by atoms with Crippen LogP contribution < -0.4 is 5.32 Å². The largest absolute Gasteiger partial charge is 0.444 e. The molecule has 6 nitrogen and oxygen atoms in total. The predicted molar refractivity (Wildman–Crippen MR) is 90.6 cm³/mol. The molecule has 0 aromatic carbocycles. The van der Waals surface area contributed by atoms with Crippen LogP contribution in [0.25, 0.3) is 0 Å². The van der Waals surface area contributed by atoms with E-state index in [-0.39, 0.29) is 12.1 Å². The first-order valence-corrected chi connectivity index (χ1v) is 8.30. The van der Waals surface area contributed by atoms with Gasteiger partial charge in [-0.2, -0.15) is 0 Å². The van der Waals surface area contributed by atoms with E-state index in [0.717, 1.165) is 37.2 Å². The number of piperidine rings is 1. The number of ether oxygens (including phenoxy) is 1. The number of anilines is 1. The molecule has 1 unspecified atom stereocenters. The van der Waals surface area contributed by atoms with Gasteiger partial charge in [-0.1, -0.05) is 0 Å². The standard InChI is InChI=1S/C17H28N4O2/c1-12-10-13(2)20-15(19-12)18-11-14-8-6-7-9-21(14)16(22)23-17(3,4)5/h10,14H,6-9,11H2,1-5H3,(H,18,19,20). The molecule has 0 aliphatic carbocycles. The average molecular weight is 320 g/mol. The van der Waals surface area contributed by atoms with Crippen molar-refractivity contribution in [3.8, 4) is 0 Å². The van der Waals surface area contributed by atoms with E-state index in [0.29, 0.717) is 12.5 Å². The fourth-order valence-corrected chi connectivity index (χ4v) is 2.79. The van der Waals surface area contributed by atoms with Gasteiger partial charge in [0.1, 0.15) is 5.60 Å². The maximum atomic E-state index is 12.4. The molecule has 6 heteroatoms. The number of nitrogens with one attached hydrogen (secondary N) is 1. The second-order valence-corrected chi connectivity index (χ2v) is 7.18. The molecule has 2 heterocycles. The van der Waals surface area contributed by atoms with Crippen LogP contribution >= 0.6 is 0 Å². The van der Waals surface area contributed by atoms with Crippen molar-refractivity contribution in [1.82, 2.24) is 14.9 Å². The van der Waals surface area contributed by atoms with Gasteiger partial charge in [0.2, 0.25) is 5.95 Å². The van der Waals surface area contributed by atoms with Crippen LogP contribution in [0.15, 0.2) is 6.07 Å². The van der Waals surface area contributed by atoms with Gasteiger partial charge in [-0.3, -0.25) is 0 Å². The Morgan fingerprint density at radius 2 is 1.96 bits per heavy atom. The Kier molecular flexibility index (Phi) is 5.44. The van der Waals surface area contributed by atoms with E-state index in [1.54, 1.807) is 0 Å². The molecule has 23 heavy (non-hydrogen) atoms. The molecule has 2 rings (SSSR count). The lowest BCUT2D eigenvalue weighted by Gasteiger charge is -2.36. The zero-order chi connectivity index (χ0) is 17.0. The summed E-state index contributed by atoms with van der Waals surface area (Å²) in [5, 5.41) is 3.27. The fourth-order valence-electron chi connectivity index (χ4n) is 2.79. The maximum Gasteiger partial charge on any atom is 0.410 e. The summed E-state index contributed by atoms with van der Waals surface area (Å²) in [4.78, 5) is 23.0. The summed E-state index contributed by atoms with van der Waals surface area (Å²) in [6.07, 6.45) is 2.89. The average Bonchev–Trinajstić information content (AvgIpc) is 2.42. The van der Waals surface area contributed by atoms with Gasteiger partial charge < -0.3 is 15.0 Å². The number of rotatable bonds is 3. The Hall–Kier alpha value is -1.85. The lowest BCUT2D eigenvalue weighted by Crippen LogP contribution is -2.49. The highest BCUT2D eigenvalue weighted by Gasteiger charge is 2.30. The smallest absolute Gasteiger partial charge is 0.410 e. The second-order valence-electron chi connectivity index (χ2n) is 7.18. The molecule has 1 amide bonds. The Labute approximate surface area is 138 Å². The first kappa shape index (κ1) is 17.5. The maximum absolute atomic E-state index is 12.4. The van der Waals surface area contributed by atoms with Crippen LogP contribution in [0.5, 0.6) is 0 Å². The van der Waals surface area contributed by atoms with E-state index < -0.39 is 5.60 Å². The molecule has 1 aliphatic heterocycles. The molecule has 0 radical (unpaired) electrons. The van der Waals surface area contributed by atoms with E-state index >= 15 is 0 Å². The van der Waals surface area contributed by atoms with Crippen molar-refractivity contribution >= 4 is 12.0 Å². The quantitative estimate of drug-likeness (QED) is 0.925. The molecule has 1 aliphatic rings. The van der Waals surface area contributed by atoms with Crippen LogP contribution in [0, 0.1) is 13.8 Å². The van der Waals surface area contributed by atoms with Gasteiger partial charge >= 0.3 is 6.09 Å². The molecule has 1 atom stereocenters. The van der Waals surface area contributed by atoms with E-state index in [1.165, 1.54) is 0 Å². The molecular formula is C17H28N4O2. The van der Waals surface area contributed by atoms with Crippen molar-refractivity contribution in [2.45, 2.75) is 65.5 Å². The van der Waals surface area contributed by atoms with Crippen molar-refractivity contribution in [3.05, 3.63) is 17.5 Å². The van der Waals surface area contributed by atoms with E-state index in [9.17, 15) is 4.79 Å². The van der Waals surface area contributed by atoms with Crippen LogP contribution in [0.3, 0.4) is 0 Å². The number of nitrogens with zero attached hydrogens (tertiary/aromatic N) is 3. The highest BCUT2D eigenvalue weighted by atomic mass is 16.6. The van der Waals surface area contributed by atoms with Crippen molar-refractivity contribution < 1.29 is 9.53 Å². The Bertz CT molecular complexity index is 534. The number of aryl methyl sites for hydroxylation is 2. The fraction of sp³-hybridized carbons (Fsp3) is 0.706. The van der Waals surface area contributed by atoms with E-state index in [1.807, 2.05) is 45.6 Å². The van der Waals surface area contributed by atoms with E-state index in [4.69, 9.17) is 4.74 Å². The summed E-state index contributed by atoms with van der Waals surface area (Å²) >= 11 is 0. The summed E-state index contributed by atoms with van der Waals surface area (Å²) in [6.45, 7) is 11.0. The van der Waals surface area contributed by atoms with Gasteiger partial charge in [0.15, 0.2) is 0 Å². The van der Waals surface area contributed by atoms with Crippen LogP contribution in [0.2, 0.25) is 0 Å². The Morgan fingerprint density at radius 3 is 2.57 bits per heavy atom. The third kappa shape index (κ3) is 5.37. The lowest BCUT2D eigenvalue weighted by atomic mass is 10.0. The summed E-state index contributed by atoms with van der Waals surface area (Å²) in [7, 11) is 0. The zero-order valence-electron chi connectivity index (χ0n) is 14.8. The number of aromatic nitrogens is 2. The molecule has 0 bridgehead atoms. The molecule has 1 saturated heterocycles. The second kappa shape index (κ2) is 7.15. The molecular weight excluding hydrogens is 292 g/mol. The Morgan fingerprint density at radius 1 is 1.30 bits per heavy atom. The van der Waals surface area contributed by atoms with Crippen molar-refractivity contribution in [1.29, 1.82) is 0 Å². The molecule has 128 valence electrons. The topological polar surface area (TPSA) is 67.4 Å². The highest BCUT2D eigenvalue weighted by molar-refractivity contribution is 5.68. The van der Waals surface area contributed by atoms with Crippen LogP contribution in [-0.2, 0) is 4.74 Å². The SMILES string of the molecule is Cc1cc(C)nc(NCC2CCCCN2C(=O)OC(C)(C)C)n1. The number of carbonyl (C=O) groups excluding carboxylic acids is 1. The van der Waals surface area contributed by atoms with Gasteiger partial charge in [-0.25, -0.2) is 14.8 Å². The minimum absolute atomic E-state index is 0.114. The van der Waals surface area contributed by atoms with Gasteiger partial charge in [-0.15, -0.1) is 0 Å². The summed E-state index contributed by atoms with van der Waals surface area (Å²) < 4.78 is 5.53. The predicted octanol–water partition coefficient (Wildman–Crippen LogP) is 3.29. The van der Waals surface area contributed by atoms with Crippen molar-refractivity contribution in [3.63, 3.8) is 0 Å². The third-order valence-electron chi connectivity index (χ3n) is 3.73. The lowest BCUT2D eigenvalue weighted by molar-refractivity contribution is 0.0114. The summed E-state index contributed by atoms with van der Waals surface area (Å²) in [5.74, 6) is 0.622. The van der Waals surface area contributed by atoms with Crippen molar-refractivity contribution in [2.24, 2.45) is 0 Å². The van der Waals surface area contributed by atoms with Gasteiger partial charge in [0.25, 0.3) is 0 Å². The van der Waals surface area contributed by atoms with Crippen LogP contribution in [-0.4, -0.2) is 45.7 Å². The number of carbonyl (C=O) groups is 1. The third-order valence-corrected chi connectivity index (χ3v) is 3.73. The van der Waals surface area contributed by atoms with Gasteiger partial charge in [0, 0.05) is 24.5 Å². The number of likely N-dealkylation sites (tertiary alicyclic amines) is 1. The van der Waals surface area contributed by atoms with Crippen molar-refractivity contribution in [2.75, 3.05) is 18.4 Å². The Balaban J connectivity index is 1.99. The van der Waals surface area contributed by atoms with Gasteiger partial charge in [-0.05, 0) is 59.9 Å². The first-order chi connectivity index (χ1) is 10.7. The van der Waals surface area contributed by atoms with Gasteiger partial charge in [0.05, 0.1) is 6.04 Å². The molecule has 1 fully saturated rings. The summed E-state index contributed by atoms with van der Waals surface area (Å²) in [6, 6.07) is 2.06. The van der Waals surface area contributed by atoms with E-state index in [2.05, 4.69) is 15.3 Å². The monoisotopic (exact) mass is 320 g/mol. The van der Waals surface area contributed by atoms with Crippen LogP contribution in [0.4, 0.5) is 10.7 Å². The molecule has 1 N–H and O–H groups in total. The molecule has 1 aromatic rings. The minimum atomic E-state index is -0.469. The number of hydrogen-bond acceptors (Lipinski definition) is 5. The zero-order valence-corrected chi connectivity index (χ0v) is 14.8. The molecule has 1 aromatic heterocycles. The number of amides is 1. The first-order valence-electron chi connectivity index (χ1n) is 8.30.